The normalized spacial score (nSPS) is 17.8. The van der Waals surface area contributed by atoms with Gasteiger partial charge in [-0.3, -0.25) is 4.90 Å². The van der Waals surface area contributed by atoms with Crippen molar-refractivity contribution in [2.24, 2.45) is 0 Å². The Labute approximate surface area is 151 Å². The van der Waals surface area contributed by atoms with Crippen molar-refractivity contribution >= 4 is 11.5 Å². The summed E-state index contributed by atoms with van der Waals surface area (Å²) < 4.78 is 1.73. The van der Waals surface area contributed by atoms with E-state index in [9.17, 15) is 10.2 Å². The van der Waals surface area contributed by atoms with Gasteiger partial charge in [0.1, 0.15) is 11.6 Å². The van der Waals surface area contributed by atoms with Crippen molar-refractivity contribution in [3.05, 3.63) is 42.7 Å². The van der Waals surface area contributed by atoms with Crippen LogP contribution in [0, 0.1) is 0 Å². The molecule has 7 nitrogen and oxygen atoms in total. The monoisotopic (exact) mass is 353 g/mol. The van der Waals surface area contributed by atoms with Crippen LogP contribution in [0.15, 0.2) is 42.7 Å². The molecule has 1 aliphatic rings. The van der Waals surface area contributed by atoms with Gasteiger partial charge < -0.3 is 15.5 Å². The van der Waals surface area contributed by atoms with Gasteiger partial charge in [0, 0.05) is 30.9 Å². The number of nitrogens with one attached hydrogen (secondary N) is 1. The summed E-state index contributed by atoms with van der Waals surface area (Å²) in [5, 5.41) is 26.8. The Bertz CT molecular complexity index is 895. The van der Waals surface area contributed by atoms with E-state index in [1.165, 1.54) is 0 Å². The number of aromatic nitrogens is 3. The lowest BCUT2D eigenvalue weighted by molar-refractivity contribution is 0.163. The van der Waals surface area contributed by atoms with Gasteiger partial charge in [-0.2, -0.15) is 5.10 Å². The minimum atomic E-state index is 0.222. The maximum atomic E-state index is 9.72. The highest BCUT2D eigenvalue weighted by Gasteiger charge is 2.22. The van der Waals surface area contributed by atoms with Crippen LogP contribution in [0.25, 0.3) is 16.8 Å². The number of rotatable bonds is 6. The molecule has 1 saturated heterocycles. The molecule has 3 N–H and O–H groups in total. The third-order valence-electron chi connectivity index (χ3n) is 4.94. The Balaban J connectivity index is 1.49. The quantitative estimate of drug-likeness (QED) is 0.628. The molecular weight excluding hydrogens is 330 g/mol. The molecule has 1 atom stereocenters. The van der Waals surface area contributed by atoms with E-state index in [0.29, 0.717) is 6.04 Å². The molecule has 0 saturated carbocycles. The van der Waals surface area contributed by atoms with E-state index >= 15 is 0 Å². The average Bonchev–Trinajstić information content (AvgIpc) is 3.28. The third kappa shape index (κ3) is 3.36. The number of fused-ring (bicyclic) bond motifs is 1. The largest absolute Gasteiger partial charge is 0.508 e. The van der Waals surface area contributed by atoms with Crippen molar-refractivity contribution in [2.45, 2.75) is 18.9 Å². The number of benzene rings is 1. The first kappa shape index (κ1) is 16.8. The number of hydrogen-bond donors (Lipinski definition) is 3. The van der Waals surface area contributed by atoms with E-state index in [1.54, 1.807) is 22.8 Å². The first-order valence-corrected chi connectivity index (χ1v) is 8.97. The summed E-state index contributed by atoms with van der Waals surface area (Å²) in [6.07, 6.45) is 5.86. The highest BCUT2D eigenvalue weighted by Crippen LogP contribution is 2.26. The maximum absolute atomic E-state index is 9.72. The Morgan fingerprint density at radius 2 is 2.19 bits per heavy atom. The Kier molecular flexibility index (Phi) is 4.73. The van der Waals surface area contributed by atoms with Crippen LogP contribution in [0.2, 0.25) is 0 Å². The van der Waals surface area contributed by atoms with E-state index in [2.05, 4.69) is 20.3 Å². The molecule has 3 aromatic rings. The fourth-order valence-electron chi connectivity index (χ4n) is 3.57. The van der Waals surface area contributed by atoms with Gasteiger partial charge in [0.25, 0.3) is 0 Å². The summed E-state index contributed by atoms with van der Waals surface area (Å²) in [4.78, 5) is 7.01. The van der Waals surface area contributed by atoms with E-state index in [-0.39, 0.29) is 12.4 Å². The Hall–Kier alpha value is -2.64. The second kappa shape index (κ2) is 7.31. The molecule has 2 aromatic heterocycles. The Morgan fingerprint density at radius 3 is 3.04 bits per heavy atom. The lowest BCUT2D eigenvalue weighted by Gasteiger charge is -2.22. The second-order valence-corrected chi connectivity index (χ2v) is 6.63. The molecule has 0 unspecified atom stereocenters. The molecule has 136 valence electrons. The van der Waals surface area contributed by atoms with Crippen molar-refractivity contribution < 1.29 is 10.2 Å². The van der Waals surface area contributed by atoms with Gasteiger partial charge in [0.15, 0.2) is 5.65 Å². The molecule has 26 heavy (non-hydrogen) atoms. The zero-order valence-corrected chi connectivity index (χ0v) is 14.5. The lowest BCUT2D eigenvalue weighted by atomic mass is 10.1. The zero-order valence-electron chi connectivity index (χ0n) is 14.5. The lowest BCUT2D eigenvalue weighted by Crippen LogP contribution is -2.35. The van der Waals surface area contributed by atoms with Crippen molar-refractivity contribution in [2.75, 3.05) is 31.6 Å². The predicted molar refractivity (Wildman–Crippen MR) is 100 cm³/mol. The maximum Gasteiger partial charge on any atom is 0.165 e. The number of likely N-dealkylation sites (tertiary alicyclic amines) is 1. The summed E-state index contributed by atoms with van der Waals surface area (Å²) in [5.41, 5.74) is 2.51. The molecule has 0 spiro atoms. The molecule has 1 aliphatic heterocycles. The van der Waals surface area contributed by atoms with E-state index in [0.717, 1.165) is 55.1 Å². The first-order valence-electron chi connectivity index (χ1n) is 8.97. The molecule has 7 heteroatoms. The van der Waals surface area contributed by atoms with Gasteiger partial charge in [-0.15, -0.1) is 0 Å². The molecule has 1 fully saturated rings. The van der Waals surface area contributed by atoms with Gasteiger partial charge in [-0.25, -0.2) is 9.50 Å². The smallest absolute Gasteiger partial charge is 0.165 e. The molecule has 3 heterocycles. The van der Waals surface area contributed by atoms with Crippen molar-refractivity contribution in [3.8, 4) is 16.9 Å². The van der Waals surface area contributed by atoms with Crippen LogP contribution < -0.4 is 5.32 Å². The van der Waals surface area contributed by atoms with Crippen LogP contribution in [0.1, 0.15) is 12.8 Å². The number of aliphatic hydroxyl groups excluding tert-OH is 1. The number of phenolic OH excluding ortho intramolecular Hbond substituents is 1. The summed E-state index contributed by atoms with van der Waals surface area (Å²) in [7, 11) is 0. The molecule has 1 aromatic carbocycles. The predicted octanol–water partition coefficient (Wildman–Crippen LogP) is 1.97. The van der Waals surface area contributed by atoms with Crippen LogP contribution in [-0.2, 0) is 0 Å². The SMILES string of the molecule is OC[C@@H]1CCCN1CCNc1ccn2ncc(-c3cccc(O)c3)c2n1. The van der Waals surface area contributed by atoms with Crippen molar-refractivity contribution in [1.29, 1.82) is 0 Å². The fourth-order valence-corrected chi connectivity index (χ4v) is 3.57. The minimum absolute atomic E-state index is 0.222. The average molecular weight is 353 g/mol. The molecular formula is C19H23N5O2. The van der Waals surface area contributed by atoms with E-state index in [1.807, 2.05) is 24.4 Å². The van der Waals surface area contributed by atoms with Gasteiger partial charge >= 0.3 is 0 Å². The van der Waals surface area contributed by atoms with Crippen LogP contribution in [0.5, 0.6) is 5.75 Å². The molecule has 0 bridgehead atoms. The molecule has 0 radical (unpaired) electrons. The highest BCUT2D eigenvalue weighted by molar-refractivity contribution is 5.78. The molecule has 0 aliphatic carbocycles. The van der Waals surface area contributed by atoms with Crippen LogP contribution in [0.3, 0.4) is 0 Å². The zero-order chi connectivity index (χ0) is 17.9. The number of aromatic hydroxyl groups is 1. The second-order valence-electron chi connectivity index (χ2n) is 6.63. The number of hydrogen-bond acceptors (Lipinski definition) is 6. The van der Waals surface area contributed by atoms with E-state index < -0.39 is 0 Å². The topological polar surface area (TPSA) is 85.9 Å². The number of phenols is 1. The first-order chi connectivity index (χ1) is 12.7. The van der Waals surface area contributed by atoms with Gasteiger partial charge in [0.2, 0.25) is 0 Å². The number of anilines is 1. The van der Waals surface area contributed by atoms with Gasteiger partial charge in [-0.05, 0) is 43.1 Å². The van der Waals surface area contributed by atoms with Crippen LogP contribution >= 0.6 is 0 Å². The summed E-state index contributed by atoms with van der Waals surface area (Å²) >= 11 is 0. The highest BCUT2D eigenvalue weighted by atomic mass is 16.3. The number of aliphatic hydroxyl groups is 1. The summed E-state index contributed by atoms with van der Waals surface area (Å²) in [5.74, 6) is 1.01. The molecule has 0 amide bonds. The number of nitrogens with zero attached hydrogens (tertiary/aromatic N) is 4. The standard InChI is InChI=1S/C19H23N5O2/c25-13-15-4-2-8-23(15)10-7-20-18-6-9-24-19(22-18)17(12-21-24)14-3-1-5-16(26)11-14/h1,3,5-6,9,11-12,15,25-26H,2,4,7-8,10,13H2,(H,20,22)/t15-/m0/s1. The van der Waals surface area contributed by atoms with Crippen molar-refractivity contribution in [3.63, 3.8) is 0 Å². The van der Waals surface area contributed by atoms with Crippen LogP contribution in [-0.4, -0.2) is 62.0 Å². The van der Waals surface area contributed by atoms with Gasteiger partial charge in [-0.1, -0.05) is 12.1 Å². The van der Waals surface area contributed by atoms with Gasteiger partial charge in [0.05, 0.1) is 12.8 Å². The summed E-state index contributed by atoms with van der Waals surface area (Å²) in [6, 6.07) is 9.29. The molecule has 4 rings (SSSR count). The minimum Gasteiger partial charge on any atom is -0.508 e. The Morgan fingerprint density at radius 1 is 1.27 bits per heavy atom. The fraction of sp³-hybridized carbons (Fsp3) is 0.368. The van der Waals surface area contributed by atoms with Crippen LogP contribution in [0.4, 0.5) is 5.82 Å². The van der Waals surface area contributed by atoms with E-state index in [4.69, 9.17) is 0 Å². The summed E-state index contributed by atoms with van der Waals surface area (Å²) in [6.45, 7) is 2.93. The van der Waals surface area contributed by atoms with Crippen molar-refractivity contribution in [1.82, 2.24) is 19.5 Å². The third-order valence-corrected chi connectivity index (χ3v) is 4.94.